The van der Waals surface area contributed by atoms with Gasteiger partial charge in [-0.1, -0.05) is 11.8 Å². The van der Waals surface area contributed by atoms with E-state index in [0.29, 0.717) is 25.1 Å². The third-order valence-electron chi connectivity index (χ3n) is 2.29. The van der Waals surface area contributed by atoms with Crippen molar-refractivity contribution in [2.75, 3.05) is 13.2 Å². The van der Waals surface area contributed by atoms with Crippen molar-refractivity contribution in [3.63, 3.8) is 0 Å². The maximum atomic E-state index is 11.1. The topological polar surface area (TPSA) is 72.8 Å². The number of phenols is 1. The predicted molar refractivity (Wildman–Crippen MR) is 72.8 cm³/mol. The van der Waals surface area contributed by atoms with Crippen molar-refractivity contribution in [2.24, 2.45) is 0 Å². The van der Waals surface area contributed by atoms with Crippen LogP contribution in [0.25, 0.3) is 0 Å². The van der Waals surface area contributed by atoms with Gasteiger partial charge in [-0.05, 0) is 26.0 Å². The largest absolute Gasteiger partial charge is 0.503 e. The molecule has 1 rings (SSSR count). The minimum atomic E-state index is -0.434. The maximum absolute atomic E-state index is 11.1. The summed E-state index contributed by atoms with van der Waals surface area (Å²) in [5.41, 5.74) is 0.578. The Hall–Kier alpha value is -2.48. The Morgan fingerprint density at radius 2 is 2.10 bits per heavy atom. The van der Waals surface area contributed by atoms with E-state index in [1.54, 1.807) is 13.8 Å². The number of hydrogen-bond acceptors (Lipinski definition) is 5. The summed E-state index contributed by atoms with van der Waals surface area (Å²) in [4.78, 5) is 22.0. The lowest BCUT2D eigenvalue weighted by Crippen LogP contribution is -2.01. The lowest BCUT2D eigenvalue weighted by Gasteiger charge is -2.08. The van der Waals surface area contributed by atoms with E-state index >= 15 is 0 Å². The van der Waals surface area contributed by atoms with Crippen LogP contribution in [0.2, 0.25) is 0 Å². The molecule has 1 aromatic rings. The van der Waals surface area contributed by atoms with Crippen LogP contribution < -0.4 is 4.74 Å². The first-order valence-corrected chi connectivity index (χ1v) is 6.21. The summed E-state index contributed by atoms with van der Waals surface area (Å²) >= 11 is 0. The molecule has 20 heavy (non-hydrogen) atoms. The van der Waals surface area contributed by atoms with E-state index in [9.17, 15) is 14.7 Å². The van der Waals surface area contributed by atoms with Crippen molar-refractivity contribution in [2.45, 2.75) is 20.3 Å². The molecular formula is C15H16O5. The Bertz CT molecular complexity index is 551. The number of hydrogen-bond donors (Lipinski definition) is 1. The van der Waals surface area contributed by atoms with Crippen LogP contribution in [0.3, 0.4) is 0 Å². The molecule has 0 bridgehead atoms. The number of rotatable bonds is 5. The van der Waals surface area contributed by atoms with E-state index in [1.807, 2.05) is 0 Å². The van der Waals surface area contributed by atoms with Crippen molar-refractivity contribution in [3.05, 3.63) is 23.3 Å². The number of ether oxygens (including phenoxy) is 2. The van der Waals surface area contributed by atoms with Gasteiger partial charge < -0.3 is 14.6 Å². The van der Waals surface area contributed by atoms with E-state index in [4.69, 9.17) is 9.47 Å². The van der Waals surface area contributed by atoms with Crippen molar-refractivity contribution in [1.82, 2.24) is 0 Å². The smallest absolute Gasteiger partial charge is 0.317 e. The number of esters is 1. The molecule has 0 heterocycles. The molecule has 1 aromatic carbocycles. The molecule has 0 aliphatic heterocycles. The molecule has 5 nitrogen and oxygen atoms in total. The SMILES string of the molecule is CCOC(=O)CC#Cc1cc(C=O)cc(OCC)c1O. The second-order valence-electron chi connectivity index (χ2n) is 3.75. The average Bonchev–Trinajstić information content (AvgIpc) is 2.43. The van der Waals surface area contributed by atoms with Gasteiger partial charge in [0.15, 0.2) is 11.5 Å². The van der Waals surface area contributed by atoms with Crippen LogP contribution in [0, 0.1) is 11.8 Å². The van der Waals surface area contributed by atoms with Gasteiger partial charge in [-0.25, -0.2) is 0 Å². The molecule has 0 spiro atoms. The van der Waals surface area contributed by atoms with Crippen LogP contribution in [-0.2, 0) is 9.53 Å². The number of aromatic hydroxyl groups is 1. The lowest BCUT2D eigenvalue weighted by molar-refractivity contribution is -0.141. The number of benzene rings is 1. The van der Waals surface area contributed by atoms with Gasteiger partial charge in [0.25, 0.3) is 0 Å². The minimum Gasteiger partial charge on any atom is -0.503 e. The quantitative estimate of drug-likeness (QED) is 0.505. The zero-order chi connectivity index (χ0) is 15.0. The number of aldehydes is 1. The van der Waals surface area contributed by atoms with Crippen LogP contribution in [0.4, 0.5) is 0 Å². The van der Waals surface area contributed by atoms with Gasteiger partial charge in [0.05, 0.1) is 18.8 Å². The molecule has 0 fully saturated rings. The summed E-state index contributed by atoms with van der Waals surface area (Å²) < 4.78 is 9.95. The van der Waals surface area contributed by atoms with Crippen LogP contribution in [0.15, 0.2) is 12.1 Å². The van der Waals surface area contributed by atoms with Crippen molar-refractivity contribution < 1.29 is 24.2 Å². The normalized spacial score (nSPS) is 9.30. The fraction of sp³-hybridized carbons (Fsp3) is 0.333. The minimum absolute atomic E-state index is 0.0808. The molecule has 0 saturated heterocycles. The molecule has 0 aromatic heterocycles. The molecule has 0 saturated carbocycles. The predicted octanol–water partition coefficient (Wildman–Crippen LogP) is 1.91. The van der Waals surface area contributed by atoms with Crippen LogP contribution in [0.1, 0.15) is 36.2 Å². The maximum Gasteiger partial charge on any atom is 0.317 e. The lowest BCUT2D eigenvalue weighted by atomic mass is 10.1. The molecular weight excluding hydrogens is 260 g/mol. The van der Waals surface area contributed by atoms with Gasteiger partial charge in [-0.3, -0.25) is 9.59 Å². The zero-order valence-corrected chi connectivity index (χ0v) is 11.4. The molecule has 0 amide bonds. The fourth-order valence-corrected chi connectivity index (χ4v) is 1.48. The highest BCUT2D eigenvalue weighted by Crippen LogP contribution is 2.30. The van der Waals surface area contributed by atoms with Gasteiger partial charge in [0, 0.05) is 5.56 Å². The van der Waals surface area contributed by atoms with Crippen molar-refractivity contribution in [3.8, 4) is 23.3 Å². The summed E-state index contributed by atoms with van der Waals surface area (Å²) in [5.74, 6) is 4.84. The standard InChI is InChI=1S/C15H16O5/c1-3-19-13-9-11(10-16)8-12(15(13)18)6-5-7-14(17)20-4-2/h8-10,18H,3-4,7H2,1-2H3. The van der Waals surface area contributed by atoms with Crippen LogP contribution in [0.5, 0.6) is 11.5 Å². The van der Waals surface area contributed by atoms with Crippen LogP contribution in [-0.4, -0.2) is 30.6 Å². The van der Waals surface area contributed by atoms with Crippen LogP contribution >= 0.6 is 0 Å². The number of carbonyl (C=O) groups excluding carboxylic acids is 2. The van der Waals surface area contributed by atoms with Gasteiger partial charge >= 0.3 is 5.97 Å². The van der Waals surface area contributed by atoms with E-state index in [-0.39, 0.29) is 23.5 Å². The second kappa shape index (κ2) is 7.85. The van der Waals surface area contributed by atoms with E-state index < -0.39 is 5.97 Å². The molecule has 0 radical (unpaired) electrons. The molecule has 0 atom stereocenters. The number of carbonyl (C=O) groups is 2. The Morgan fingerprint density at radius 3 is 2.70 bits per heavy atom. The van der Waals surface area contributed by atoms with Crippen molar-refractivity contribution in [1.29, 1.82) is 0 Å². The zero-order valence-electron chi connectivity index (χ0n) is 11.4. The first-order chi connectivity index (χ1) is 9.62. The van der Waals surface area contributed by atoms with E-state index in [0.717, 1.165) is 0 Å². The second-order valence-corrected chi connectivity index (χ2v) is 3.75. The molecule has 1 N–H and O–H groups in total. The Kier molecular flexibility index (Phi) is 6.11. The summed E-state index contributed by atoms with van der Waals surface area (Å²) in [5, 5.41) is 9.95. The fourth-order valence-electron chi connectivity index (χ4n) is 1.48. The third kappa shape index (κ3) is 4.32. The monoisotopic (exact) mass is 276 g/mol. The molecule has 0 unspecified atom stereocenters. The first-order valence-electron chi connectivity index (χ1n) is 6.21. The van der Waals surface area contributed by atoms with Gasteiger partial charge in [-0.15, -0.1) is 0 Å². The van der Waals surface area contributed by atoms with Crippen molar-refractivity contribution >= 4 is 12.3 Å². The molecule has 5 heteroatoms. The molecule has 0 aliphatic carbocycles. The van der Waals surface area contributed by atoms with E-state index in [1.165, 1.54) is 12.1 Å². The van der Waals surface area contributed by atoms with Gasteiger partial charge in [-0.2, -0.15) is 0 Å². The Labute approximate surface area is 117 Å². The number of phenolic OH excluding ortho intramolecular Hbond substituents is 1. The molecule has 0 aliphatic rings. The molecule has 106 valence electrons. The first kappa shape index (κ1) is 15.6. The average molecular weight is 276 g/mol. The Morgan fingerprint density at radius 1 is 1.35 bits per heavy atom. The highest BCUT2D eigenvalue weighted by molar-refractivity contribution is 5.78. The summed E-state index contributed by atoms with van der Waals surface area (Å²) in [7, 11) is 0. The summed E-state index contributed by atoms with van der Waals surface area (Å²) in [6, 6.07) is 2.87. The van der Waals surface area contributed by atoms with Gasteiger partial charge in [0.1, 0.15) is 12.7 Å². The third-order valence-corrected chi connectivity index (χ3v) is 2.29. The Balaban J connectivity index is 2.99. The summed E-state index contributed by atoms with van der Waals surface area (Å²) in [6.07, 6.45) is 0.557. The highest BCUT2D eigenvalue weighted by Gasteiger charge is 2.09. The van der Waals surface area contributed by atoms with E-state index in [2.05, 4.69) is 11.8 Å². The van der Waals surface area contributed by atoms with Gasteiger partial charge in [0.2, 0.25) is 0 Å². The summed E-state index contributed by atoms with van der Waals surface area (Å²) in [6.45, 7) is 4.12. The highest BCUT2D eigenvalue weighted by atomic mass is 16.5.